The molecule has 0 N–H and O–H groups in total. The van der Waals surface area contributed by atoms with Crippen molar-refractivity contribution in [3.8, 4) is 0 Å². The zero-order valence-electron chi connectivity index (χ0n) is 9.03. The number of rotatable bonds is 7. The van der Waals surface area contributed by atoms with E-state index >= 15 is 0 Å². The van der Waals surface area contributed by atoms with E-state index < -0.39 is 0 Å². The molecule has 0 rings (SSSR count). The summed E-state index contributed by atoms with van der Waals surface area (Å²) in [5, 5.41) is 0. The fraction of sp³-hybridized carbons (Fsp3) is 0.833. The second kappa shape index (κ2) is 7.39. The minimum atomic E-state index is 0.851. The molecule has 0 saturated carbocycles. The van der Waals surface area contributed by atoms with Crippen LogP contribution in [-0.4, -0.2) is 0 Å². The Labute approximate surface area is 78.1 Å². The highest BCUT2D eigenvalue weighted by Gasteiger charge is 2.02. The molecular formula is C12H24. The van der Waals surface area contributed by atoms with Gasteiger partial charge in [0.25, 0.3) is 0 Å². The SMILES string of the molecule is C=C(CCC)CC(C)CCCC. The molecule has 0 aliphatic heterocycles. The van der Waals surface area contributed by atoms with Crippen LogP contribution in [0.5, 0.6) is 0 Å². The predicted octanol–water partition coefficient (Wildman–Crippen LogP) is 4.56. The lowest BCUT2D eigenvalue weighted by Gasteiger charge is -2.11. The zero-order chi connectivity index (χ0) is 9.40. The summed E-state index contributed by atoms with van der Waals surface area (Å²) < 4.78 is 0. The first-order valence-corrected chi connectivity index (χ1v) is 5.37. The lowest BCUT2D eigenvalue weighted by molar-refractivity contribution is 0.495. The van der Waals surface area contributed by atoms with Crippen LogP contribution in [0.1, 0.15) is 59.3 Å². The van der Waals surface area contributed by atoms with Gasteiger partial charge in [0, 0.05) is 0 Å². The third-order valence-electron chi connectivity index (χ3n) is 2.29. The summed E-state index contributed by atoms with van der Waals surface area (Å²) >= 11 is 0. The van der Waals surface area contributed by atoms with Crippen molar-refractivity contribution in [3.63, 3.8) is 0 Å². The van der Waals surface area contributed by atoms with E-state index in [4.69, 9.17) is 0 Å². The van der Waals surface area contributed by atoms with Crippen molar-refractivity contribution in [1.29, 1.82) is 0 Å². The third kappa shape index (κ3) is 6.45. The summed E-state index contributed by atoms with van der Waals surface area (Å²) in [5.74, 6) is 0.851. The van der Waals surface area contributed by atoms with E-state index in [0.717, 1.165) is 5.92 Å². The Kier molecular flexibility index (Phi) is 7.23. The first-order valence-electron chi connectivity index (χ1n) is 5.37. The fourth-order valence-electron chi connectivity index (χ4n) is 1.60. The van der Waals surface area contributed by atoms with Crippen LogP contribution in [0.3, 0.4) is 0 Å². The van der Waals surface area contributed by atoms with Gasteiger partial charge in [-0.15, -0.1) is 0 Å². The molecule has 12 heavy (non-hydrogen) atoms. The molecule has 0 saturated heterocycles. The van der Waals surface area contributed by atoms with Crippen LogP contribution in [0.15, 0.2) is 12.2 Å². The zero-order valence-corrected chi connectivity index (χ0v) is 9.03. The average molecular weight is 168 g/mol. The maximum atomic E-state index is 4.09. The van der Waals surface area contributed by atoms with Gasteiger partial charge in [0.15, 0.2) is 0 Å². The predicted molar refractivity (Wildman–Crippen MR) is 57.4 cm³/mol. The van der Waals surface area contributed by atoms with Crippen LogP contribution < -0.4 is 0 Å². The molecule has 0 nitrogen and oxygen atoms in total. The van der Waals surface area contributed by atoms with Crippen LogP contribution in [0, 0.1) is 5.92 Å². The van der Waals surface area contributed by atoms with Crippen LogP contribution in [0.4, 0.5) is 0 Å². The average Bonchev–Trinajstić information content (AvgIpc) is 2.01. The fourth-order valence-corrected chi connectivity index (χ4v) is 1.60. The minimum absolute atomic E-state index is 0.851. The summed E-state index contributed by atoms with van der Waals surface area (Å²) in [4.78, 5) is 0. The van der Waals surface area contributed by atoms with E-state index in [0.29, 0.717) is 0 Å². The normalized spacial score (nSPS) is 12.9. The second-order valence-electron chi connectivity index (χ2n) is 3.95. The number of unbranched alkanes of at least 4 members (excludes halogenated alkanes) is 1. The maximum absolute atomic E-state index is 4.09. The number of hydrogen-bond donors (Lipinski definition) is 0. The summed E-state index contributed by atoms with van der Waals surface area (Å²) in [7, 11) is 0. The van der Waals surface area contributed by atoms with Crippen molar-refractivity contribution >= 4 is 0 Å². The Bertz CT molecular complexity index is 113. The molecule has 0 aromatic carbocycles. The Hall–Kier alpha value is -0.260. The summed E-state index contributed by atoms with van der Waals surface area (Å²) in [6.45, 7) is 10.9. The van der Waals surface area contributed by atoms with E-state index in [9.17, 15) is 0 Å². The monoisotopic (exact) mass is 168 g/mol. The van der Waals surface area contributed by atoms with Crippen molar-refractivity contribution in [2.45, 2.75) is 59.3 Å². The lowest BCUT2D eigenvalue weighted by Crippen LogP contribution is -1.96. The molecule has 0 fully saturated rings. The summed E-state index contributed by atoms with van der Waals surface area (Å²) in [5.41, 5.74) is 1.45. The Morgan fingerprint density at radius 3 is 2.42 bits per heavy atom. The van der Waals surface area contributed by atoms with Crippen molar-refractivity contribution < 1.29 is 0 Å². The van der Waals surface area contributed by atoms with E-state index in [-0.39, 0.29) is 0 Å². The van der Waals surface area contributed by atoms with Gasteiger partial charge in [0.05, 0.1) is 0 Å². The Morgan fingerprint density at radius 1 is 1.25 bits per heavy atom. The van der Waals surface area contributed by atoms with Crippen molar-refractivity contribution in [3.05, 3.63) is 12.2 Å². The highest BCUT2D eigenvalue weighted by atomic mass is 14.1. The van der Waals surface area contributed by atoms with Crippen LogP contribution in [-0.2, 0) is 0 Å². The minimum Gasteiger partial charge on any atom is -0.0999 e. The van der Waals surface area contributed by atoms with Gasteiger partial charge < -0.3 is 0 Å². The van der Waals surface area contributed by atoms with E-state index in [1.807, 2.05) is 0 Å². The van der Waals surface area contributed by atoms with Gasteiger partial charge in [-0.25, -0.2) is 0 Å². The molecule has 0 heteroatoms. The molecule has 0 heterocycles. The van der Waals surface area contributed by atoms with Gasteiger partial charge in [0.2, 0.25) is 0 Å². The first-order chi connectivity index (χ1) is 5.70. The molecular weight excluding hydrogens is 144 g/mol. The van der Waals surface area contributed by atoms with Gasteiger partial charge in [-0.3, -0.25) is 0 Å². The molecule has 0 bridgehead atoms. The molecule has 0 amide bonds. The van der Waals surface area contributed by atoms with Crippen molar-refractivity contribution in [2.24, 2.45) is 5.92 Å². The molecule has 0 aliphatic rings. The van der Waals surface area contributed by atoms with E-state index in [2.05, 4.69) is 27.4 Å². The molecule has 72 valence electrons. The lowest BCUT2D eigenvalue weighted by atomic mass is 9.95. The second-order valence-corrected chi connectivity index (χ2v) is 3.95. The highest BCUT2D eigenvalue weighted by molar-refractivity contribution is 4.94. The van der Waals surface area contributed by atoms with Crippen molar-refractivity contribution in [2.75, 3.05) is 0 Å². The van der Waals surface area contributed by atoms with Gasteiger partial charge >= 0.3 is 0 Å². The molecule has 0 spiro atoms. The van der Waals surface area contributed by atoms with E-state index in [1.54, 1.807) is 0 Å². The smallest absolute Gasteiger partial charge is 0.0297 e. The van der Waals surface area contributed by atoms with Crippen molar-refractivity contribution in [1.82, 2.24) is 0 Å². The molecule has 0 radical (unpaired) electrons. The molecule has 1 atom stereocenters. The molecule has 1 unspecified atom stereocenters. The highest BCUT2D eigenvalue weighted by Crippen LogP contribution is 2.18. The number of allylic oxidation sites excluding steroid dienone is 1. The maximum Gasteiger partial charge on any atom is -0.0297 e. The van der Waals surface area contributed by atoms with Crippen LogP contribution >= 0.6 is 0 Å². The first kappa shape index (κ1) is 11.7. The summed E-state index contributed by atoms with van der Waals surface area (Å²) in [6.07, 6.45) is 7.79. The topological polar surface area (TPSA) is 0 Å². The Balaban J connectivity index is 3.40. The molecule has 0 aromatic heterocycles. The van der Waals surface area contributed by atoms with Crippen LogP contribution in [0.25, 0.3) is 0 Å². The third-order valence-corrected chi connectivity index (χ3v) is 2.29. The molecule has 0 aliphatic carbocycles. The number of hydrogen-bond acceptors (Lipinski definition) is 0. The molecule has 0 aromatic rings. The van der Waals surface area contributed by atoms with Gasteiger partial charge in [0.1, 0.15) is 0 Å². The van der Waals surface area contributed by atoms with Gasteiger partial charge in [-0.05, 0) is 18.8 Å². The largest absolute Gasteiger partial charge is 0.0999 e. The van der Waals surface area contributed by atoms with Gasteiger partial charge in [-0.1, -0.05) is 58.6 Å². The quantitative estimate of drug-likeness (QED) is 0.489. The summed E-state index contributed by atoms with van der Waals surface area (Å²) in [6, 6.07) is 0. The standard InChI is InChI=1S/C12H24/c1-5-7-9-12(4)10-11(3)8-6-2/h12H,3,5-10H2,1-2,4H3. The Morgan fingerprint density at radius 2 is 1.92 bits per heavy atom. The van der Waals surface area contributed by atoms with Crippen LogP contribution in [0.2, 0.25) is 0 Å². The van der Waals surface area contributed by atoms with Gasteiger partial charge in [-0.2, -0.15) is 0 Å². The van der Waals surface area contributed by atoms with E-state index in [1.165, 1.54) is 44.1 Å².